The van der Waals surface area contributed by atoms with Crippen LogP contribution in [0.4, 0.5) is 0 Å². The Morgan fingerprint density at radius 1 is 1.07 bits per heavy atom. The molecule has 1 heterocycles. The fraction of sp³-hybridized carbons (Fsp3) is 0.667. The lowest BCUT2D eigenvalue weighted by molar-refractivity contribution is -0.157. The molecule has 4 unspecified atom stereocenters. The van der Waals surface area contributed by atoms with E-state index < -0.39 is 10.8 Å². The lowest BCUT2D eigenvalue weighted by atomic mass is 9.61. The van der Waals surface area contributed by atoms with Gasteiger partial charge in [0.1, 0.15) is 0 Å². The van der Waals surface area contributed by atoms with Crippen LogP contribution in [0.2, 0.25) is 0 Å². The minimum atomic E-state index is -0.455. The van der Waals surface area contributed by atoms with Gasteiger partial charge in [-0.25, -0.2) is 0 Å². The summed E-state index contributed by atoms with van der Waals surface area (Å²) < 4.78 is 4.94. The maximum Gasteiger partial charge on any atom is 0.321 e. The van der Waals surface area contributed by atoms with E-state index in [9.17, 15) is 9.59 Å². The number of rotatable bonds is 0. The van der Waals surface area contributed by atoms with Crippen molar-refractivity contribution in [2.45, 2.75) is 25.7 Å². The SMILES string of the molecule is O=C1OC(=O)C23CCCC12C1C=CC3C1. The minimum Gasteiger partial charge on any atom is -0.392 e. The van der Waals surface area contributed by atoms with Gasteiger partial charge in [-0.15, -0.1) is 0 Å². The predicted molar refractivity (Wildman–Crippen MR) is 50.6 cm³/mol. The molecule has 0 aromatic rings. The van der Waals surface area contributed by atoms with Gasteiger partial charge < -0.3 is 4.74 Å². The van der Waals surface area contributed by atoms with Crippen molar-refractivity contribution < 1.29 is 14.3 Å². The summed E-state index contributed by atoms with van der Waals surface area (Å²) in [6, 6.07) is 0. The van der Waals surface area contributed by atoms with Gasteiger partial charge in [-0.2, -0.15) is 0 Å². The van der Waals surface area contributed by atoms with E-state index in [0.29, 0.717) is 0 Å². The summed E-state index contributed by atoms with van der Waals surface area (Å²) in [5, 5.41) is 0. The third-order valence-corrected chi connectivity index (χ3v) is 5.20. The van der Waals surface area contributed by atoms with Crippen LogP contribution in [0.3, 0.4) is 0 Å². The molecular weight excluding hydrogens is 192 g/mol. The van der Waals surface area contributed by atoms with Gasteiger partial charge in [-0.3, -0.25) is 9.59 Å². The number of ether oxygens (including phenoxy) is 1. The molecular formula is C12H12O3. The van der Waals surface area contributed by atoms with E-state index in [-0.39, 0.29) is 23.8 Å². The van der Waals surface area contributed by atoms with E-state index in [0.717, 1.165) is 25.7 Å². The van der Waals surface area contributed by atoms with Crippen LogP contribution < -0.4 is 0 Å². The van der Waals surface area contributed by atoms with Gasteiger partial charge in [0.25, 0.3) is 0 Å². The van der Waals surface area contributed by atoms with Crippen LogP contribution in [0.25, 0.3) is 0 Å². The van der Waals surface area contributed by atoms with E-state index in [1.54, 1.807) is 0 Å². The Morgan fingerprint density at radius 2 is 1.60 bits per heavy atom. The number of carbonyl (C=O) groups is 2. The summed E-state index contributed by atoms with van der Waals surface area (Å²) in [5.74, 6) is 0.0663. The molecule has 0 amide bonds. The first-order valence-electron chi connectivity index (χ1n) is 5.67. The molecule has 0 aromatic carbocycles. The molecule has 3 nitrogen and oxygen atoms in total. The number of hydrogen-bond donors (Lipinski definition) is 0. The van der Waals surface area contributed by atoms with Crippen molar-refractivity contribution >= 4 is 11.9 Å². The lowest BCUT2D eigenvalue weighted by Crippen LogP contribution is -2.43. The molecule has 2 saturated carbocycles. The Morgan fingerprint density at radius 3 is 2.13 bits per heavy atom. The average molecular weight is 204 g/mol. The van der Waals surface area contributed by atoms with E-state index in [1.165, 1.54) is 0 Å². The van der Waals surface area contributed by atoms with E-state index >= 15 is 0 Å². The molecule has 1 saturated heterocycles. The molecule has 4 rings (SSSR count). The Hall–Kier alpha value is -1.12. The zero-order valence-electron chi connectivity index (χ0n) is 8.36. The summed E-state index contributed by atoms with van der Waals surface area (Å²) in [4.78, 5) is 24.0. The number of hydrogen-bond acceptors (Lipinski definition) is 3. The first-order chi connectivity index (χ1) is 7.22. The monoisotopic (exact) mass is 204 g/mol. The molecule has 4 atom stereocenters. The molecule has 15 heavy (non-hydrogen) atoms. The fourth-order valence-corrected chi connectivity index (χ4v) is 4.69. The summed E-state index contributed by atoms with van der Waals surface area (Å²) in [5.41, 5.74) is -0.910. The minimum absolute atomic E-state index is 0.234. The first kappa shape index (κ1) is 8.08. The van der Waals surface area contributed by atoms with Crippen LogP contribution in [-0.2, 0) is 14.3 Å². The summed E-state index contributed by atoms with van der Waals surface area (Å²) in [7, 11) is 0. The summed E-state index contributed by atoms with van der Waals surface area (Å²) >= 11 is 0. The highest BCUT2D eigenvalue weighted by molar-refractivity contribution is 6.04. The van der Waals surface area contributed by atoms with Crippen LogP contribution in [0.15, 0.2) is 12.2 Å². The lowest BCUT2D eigenvalue weighted by Gasteiger charge is -2.34. The Labute approximate surface area is 87.5 Å². The number of cyclic esters (lactones) is 2. The molecule has 0 spiro atoms. The molecule has 3 fully saturated rings. The van der Waals surface area contributed by atoms with Gasteiger partial charge in [-0.1, -0.05) is 18.6 Å². The Balaban J connectivity index is 2.05. The van der Waals surface area contributed by atoms with Crippen LogP contribution in [0.1, 0.15) is 25.7 Å². The maximum absolute atomic E-state index is 12.0. The summed E-state index contributed by atoms with van der Waals surface area (Å²) in [6.45, 7) is 0. The largest absolute Gasteiger partial charge is 0.392 e. The average Bonchev–Trinajstić information content (AvgIpc) is 2.89. The molecule has 3 heteroatoms. The molecule has 0 aromatic heterocycles. The second kappa shape index (κ2) is 2.04. The first-order valence-corrected chi connectivity index (χ1v) is 5.67. The normalized spacial score (nSPS) is 54.7. The predicted octanol–water partition coefficient (Wildman–Crippen LogP) is 1.43. The van der Waals surface area contributed by atoms with Crippen LogP contribution in [0, 0.1) is 22.7 Å². The van der Waals surface area contributed by atoms with Crippen molar-refractivity contribution in [3.8, 4) is 0 Å². The molecule has 3 aliphatic carbocycles. The zero-order chi connectivity index (χ0) is 10.3. The summed E-state index contributed by atoms with van der Waals surface area (Å²) in [6.07, 6.45) is 7.95. The van der Waals surface area contributed by atoms with Gasteiger partial charge in [0.2, 0.25) is 0 Å². The zero-order valence-corrected chi connectivity index (χ0v) is 8.36. The van der Waals surface area contributed by atoms with Crippen LogP contribution >= 0.6 is 0 Å². The van der Waals surface area contributed by atoms with Crippen LogP contribution in [0.5, 0.6) is 0 Å². The van der Waals surface area contributed by atoms with Crippen molar-refractivity contribution in [2.75, 3.05) is 0 Å². The fourth-order valence-electron chi connectivity index (χ4n) is 4.69. The molecule has 0 radical (unpaired) electrons. The third-order valence-electron chi connectivity index (χ3n) is 5.20. The highest BCUT2D eigenvalue weighted by Crippen LogP contribution is 2.74. The maximum atomic E-state index is 12.0. The number of allylic oxidation sites excluding steroid dienone is 2. The Bertz CT molecular complexity index is 389. The Kier molecular flexibility index (Phi) is 1.10. The van der Waals surface area contributed by atoms with E-state index in [2.05, 4.69) is 12.2 Å². The quantitative estimate of drug-likeness (QED) is 0.340. The topological polar surface area (TPSA) is 43.4 Å². The van der Waals surface area contributed by atoms with Gasteiger partial charge in [0, 0.05) is 0 Å². The standard InChI is InChI=1S/C12H12O3/c13-9-11-4-1-5-12(11,10(14)15-9)8-3-2-7(11)6-8/h2-3,7-8H,1,4-6H2. The van der Waals surface area contributed by atoms with Gasteiger partial charge >= 0.3 is 11.9 Å². The van der Waals surface area contributed by atoms with Gasteiger partial charge in [0.15, 0.2) is 0 Å². The highest BCUT2D eigenvalue weighted by atomic mass is 16.6. The van der Waals surface area contributed by atoms with Gasteiger partial charge in [0.05, 0.1) is 10.8 Å². The van der Waals surface area contributed by atoms with Crippen LogP contribution in [-0.4, -0.2) is 11.9 Å². The van der Waals surface area contributed by atoms with Crippen molar-refractivity contribution in [1.29, 1.82) is 0 Å². The molecule has 1 aliphatic heterocycles. The number of carbonyl (C=O) groups excluding carboxylic acids is 2. The molecule has 2 bridgehead atoms. The van der Waals surface area contributed by atoms with Crippen molar-refractivity contribution in [3.63, 3.8) is 0 Å². The van der Waals surface area contributed by atoms with Gasteiger partial charge in [-0.05, 0) is 31.1 Å². The third kappa shape index (κ3) is 0.545. The smallest absolute Gasteiger partial charge is 0.321 e. The number of fused-ring (bicyclic) bond motifs is 2. The van der Waals surface area contributed by atoms with Crippen molar-refractivity contribution in [2.24, 2.45) is 22.7 Å². The number of esters is 2. The highest BCUT2D eigenvalue weighted by Gasteiger charge is 2.79. The second-order valence-electron chi connectivity index (χ2n) is 5.31. The second-order valence-corrected chi connectivity index (χ2v) is 5.31. The van der Waals surface area contributed by atoms with Crippen molar-refractivity contribution in [1.82, 2.24) is 0 Å². The molecule has 4 aliphatic rings. The van der Waals surface area contributed by atoms with E-state index in [4.69, 9.17) is 4.74 Å². The molecule has 78 valence electrons. The molecule has 0 N–H and O–H groups in total. The van der Waals surface area contributed by atoms with Crippen molar-refractivity contribution in [3.05, 3.63) is 12.2 Å². The van der Waals surface area contributed by atoms with E-state index in [1.807, 2.05) is 0 Å².